The topological polar surface area (TPSA) is 82.5 Å². The zero-order valence-corrected chi connectivity index (χ0v) is 17.3. The van der Waals surface area contributed by atoms with E-state index in [1.807, 2.05) is 0 Å². The van der Waals surface area contributed by atoms with Crippen molar-refractivity contribution in [1.29, 1.82) is 0 Å². The molecule has 2 heterocycles. The zero-order valence-electron chi connectivity index (χ0n) is 17.3. The molecular weight excluding hydrogens is 354 g/mol. The van der Waals surface area contributed by atoms with E-state index in [-0.39, 0.29) is 23.8 Å². The molecule has 1 aliphatic heterocycles. The first-order valence-electron chi connectivity index (χ1n) is 10.4. The molecule has 3 rings (SSSR count). The van der Waals surface area contributed by atoms with Gasteiger partial charge in [0, 0.05) is 19.3 Å². The molecule has 6 heteroatoms. The predicted octanol–water partition coefficient (Wildman–Crippen LogP) is 2.77. The number of rotatable bonds is 4. The Balaban J connectivity index is 1.55. The molecule has 0 bridgehead atoms. The molecule has 1 aliphatic carbocycles. The van der Waals surface area contributed by atoms with Crippen molar-refractivity contribution in [2.24, 2.45) is 11.3 Å². The van der Waals surface area contributed by atoms with E-state index in [0.29, 0.717) is 37.4 Å². The van der Waals surface area contributed by atoms with Gasteiger partial charge in [0.05, 0.1) is 5.60 Å². The molecule has 2 fully saturated rings. The van der Waals surface area contributed by atoms with Crippen LogP contribution in [0.2, 0.25) is 0 Å². The fraction of sp³-hybridized carbons (Fsp3) is 0.682. The normalized spacial score (nSPS) is 28.2. The van der Waals surface area contributed by atoms with Gasteiger partial charge in [0.2, 0.25) is 5.91 Å². The Kier molecular flexibility index (Phi) is 6.08. The van der Waals surface area contributed by atoms with Gasteiger partial charge in [-0.25, -0.2) is 0 Å². The second kappa shape index (κ2) is 8.19. The third-order valence-electron chi connectivity index (χ3n) is 6.43. The molecule has 2 amide bonds. The Labute approximate surface area is 167 Å². The lowest BCUT2D eigenvalue weighted by Gasteiger charge is -2.41. The summed E-state index contributed by atoms with van der Waals surface area (Å²) in [6, 6.07) is 4.73. The van der Waals surface area contributed by atoms with Crippen LogP contribution in [0.4, 0.5) is 0 Å². The van der Waals surface area contributed by atoms with E-state index in [2.05, 4.69) is 31.1 Å². The number of amides is 2. The van der Waals surface area contributed by atoms with Crippen molar-refractivity contribution in [2.45, 2.75) is 70.9 Å². The lowest BCUT2D eigenvalue weighted by atomic mass is 9.68. The summed E-state index contributed by atoms with van der Waals surface area (Å²) in [6.45, 7) is 7.56. The molecular formula is C22H33N3O3. The average molecular weight is 388 g/mol. The van der Waals surface area contributed by atoms with E-state index in [9.17, 15) is 14.7 Å². The first kappa shape index (κ1) is 20.8. The summed E-state index contributed by atoms with van der Waals surface area (Å²) >= 11 is 0. The molecule has 1 aromatic rings. The molecule has 28 heavy (non-hydrogen) atoms. The van der Waals surface area contributed by atoms with Crippen molar-refractivity contribution in [3.8, 4) is 0 Å². The van der Waals surface area contributed by atoms with E-state index < -0.39 is 11.6 Å². The first-order valence-corrected chi connectivity index (χ1v) is 10.4. The highest BCUT2D eigenvalue weighted by molar-refractivity contribution is 5.96. The zero-order chi connectivity index (χ0) is 20.4. The maximum absolute atomic E-state index is 12.8. The molecule has 1 saturated heterocycles. The number of aliphatic hydroxyl groups is 1. The number of pyridine rings is 1. The monoisotopic (exact) mass is 387 g/mol. The van der Waals surface area contributed by atoms with Gasteiger partial charge in [-0.05, 0) is 62.0 Å². The minimum absolute atomic E-state index is 0.173. The van der Waals surface area contributed by atoms with Crippen LogP contribution in [-0.4, -0.2) is 51.5 Å². The summed E-state index contributed by atoms with van der Waals surface area (Å²) in [5.74, 6) is 0.223. The molecule has 0 radical (unpaired) electrons. The smallest absolute Gasteiger partial charge is 0.273 e. The van der Waals surface area contributed by atoms with Gasteiger partial charge in [0.1, 0.15) is 11.7 Å². The average Bonchev–Trinajstić information content (AvgIpc) is 3.16. The van der Waals surface area contributed by atoms with Crippen LogP contribution in [0.1, 0.15) is 69.8 Å². The Hall–Kier alpha value is -1.95. The van der Waals surface area contributed by atoms with Gasteiger partial charge in [-0.3, -0.25) is 14.6 Å². The SMILES string of the molecule is CC(C)(C)C1CCC(O)(CNC(=O)[C@@H]2CCCN2C(=O)c2ccccn2)CC1. The minimum Gasteiger partial charge on any atom is -0.388 e. The number of nitrogens with one attached hydrogen (secondary N) is 1. The molecule has 6 nitrogen and oxygen atoms in total. The highest BCUT2D eigenvalue weighted by Crippen LogP contribution is 2.41. The number of hydrogen-bond acceptors (Lipinski definition) is 4. The van der Waals surface area contributed by atoms with Crippen LogP contribution in [-0.2, 0) is 4.79 Å². The molecule has 154 valence electrons. The van der Waals surface area contributed by atoms with Crippen molar-refractivity contribution in [2.75, 3.05) is 13.1 Å². The van der Waals surface area contributed by atoms with Gasteiger partial charge in [-0.2, -0.15) is 0 Å². The van der Waals surface area contributed by atoms with Crippen LogP contribution in [0.25, 0.3) is 0 Å². The number of nitrogens with zero attached hydrogens (tertiary/aromatic N) is 2. The largest absolute Gasteiger partial charge is 0.388 e. The highest BCUT2D eigenvalue weighted by Gasteiger charge is 2.39. The van der Waals surface area contributed by atoms with Gasteiger partial charge in [0.25, 0.3) is 5.91 Å². The third-order valence-corrected chi connectivity index (χ3v) is 6.43. The molecule has 0 aromatic carbocycles. The van der Waals surface area contributed by atoms with Crippen LogP contribution in [0.3, 0.4) is 0 Å². The molecule has 0 spiro atoms. The van der Waals surface area contributed by atoms with Crippen LogP contribution >= 0.6 is 0 Å². The molecule has 2 N–H and O–H groups in total. The fourth-order valence-electron chi connectivity index (χ4n) is 4.49. The van der Waals surface area contributed by atoms with Crippen LogP contribution < -0.4 is 5.32 Å². The second-order valence-electron chi connectivity index (χ2n) is 9.45. The number of carbonyl (C=O) groups is 2. The van der Waals surface area contributed by atoms with E-state index >= 15 is 0 Å². The van der Waals surface area contributed by atoms with Crippen LogP contribution in [0.15, 0.2) is 24.4 Å². The lowest BCUT2D eigenvalue weighted by molar-refractivity contribution is -0.126. The van der Waals surface area contributed by atoms with Crippen molar-refractivity contribution in [3.05, 3.63) is 30.1 Å². The quantitative estimate of drug-likeness (QED) is 0.832. The van der Waals surface area contributed by atoms with Gasteiger partial charge >= 0.3 is 0 Å². The highest BCUT2D eigenvalue weighted by atomic mass is 16.3. The minimum atomic E-state index is -0.841. The molecule has 1 aromatic heterocycles. The van der Waals surface area contributed by atoms with Crippen molar-refractivity contribution in [3.63, 3.8) is 0 Å². The maximum Gasteiger partial charge on any atom is 0.273 e. The number of carbonyl (C=O) groups excluding carboxylic acids is 2. The molecule has 1 saturated carbocycles. The number of likely N-dealkylation sites (tertiary alicyclic amines) is 1. The van der Waals surface area contributed by atoms with Crippen LogP contribution in [0, 0.1) is 11.3 Å². The Morgan fingerprint density at radius 1 is 1.25 bits per heavy atom. The number of hydrogen-bond donors (Lipinski definition) is 2. The second-order valence-corrected chi connectivity index (χ2v) is 9.45. The van der Waals surface area contributed by atoms with Crippen molar-refractivity contribution < 1.29 is 14.7 Å². The predicted molar refractivity (Wildman–Crippen MR) is 108 cm³/mol. The molecule has 2 aliphatic rings. The Morgan fingerprint density at radius 3 is 2.57 bits per heavy atom. The van der Waals surface area contributed by atoms with E-state index in [4.69, 9.17) is 0 Å². The lowest BCUT2D eigenvalue weighted by Crippen LogP contribution is -2.51. The van der Waals surface area contributed by atoms with Gasteiger partial charge in [-0.1, -0.05) is 26.8 Å². The van der Waals surface area contributed by atoms with Gasteiger partial charge in [-0.15, -0.1) is 0 Å². The van der Waals surface area contributed by atoms with E-state index in [0.717, 1.165) is 19.3 Å². The molecule has 0 unspecified atom stereocenters. The summed E-state index contributed by atoms with van der Waals surface area (Å²) in [5.41, 5.74) is -0.228. The standard InChI is InChI=1S/C22H33N3O3/c1-21(2,3)16-9-11-22(28,12-10-16)15-24-19(26)18-8-6-14-25(18)20(27)17-7-4-5-13-23-17/h4-5,7,13,16,18,28H,6,8-12,14-15H2,1-3H3,(H,24,26)/t16?,18-,22?/m0/s1. The Morgan fingerprint density at radius 2 is 1.96 bits per heavy atom. The van der Waals surface area contributed by atoms with Crippen molar-refractivity contribution in [1.82, 2.24) is 15.2 Å². The summed E-state index contributed by atoms with van der Waals surface area (Å²) in [7, 11) is 0. The summed E-state index contributed by atoms with van der Waals surface area (Å²) in [6.07, 6.45) is 6.39. The molecule has 1 atom stereocenters. The fourth-order valence-corrected chi connectivity index (χ4v) is 4.49. The third kappa shape index (κ3) is 4.72. The summed E-state index contributed by atoms with van der Waals surface area (Å²) in [5, 5.41) is 13.8. The maximum atomic E-state index is 12.8. The van der Waals surface area contributed by atoms with Crippen LogP contribution in [0.5, 0.6) is 0 Å². The number of aromatic nitrogens is 1. The summed E-state index contributed by atoms with van der Waals surface area (Å²) in [4.78, 5) is 31.2. The van der Waals surface area contributed by atoms with Gasteiger partial charge < -0.3 is 15.3 Å². The van der Waals surface area contributed by atoms with E-state index in [1.54, 1.807) is 29.3 Å². The summed E-state index contributed by atoms with van der Waals surface area (Å²) < 4.78 is 0. The van der Waals surface area contributed by atoms with Crippen molar-refractivity contribution >= 4 is 11.8 Å². The first-order chi connectivity index (χ1) is 13.2. The van der Waals surface area contributed by atoms with Gasteiger partial charge in [0.15, 0.2) is 0 Å². The Bertz CT molecular complexity index is 691. The van der Waals surface area contributed by atoms with E-state index in [1.165, 1.54) is 0 Å².